The molecule has 2 rings (SSSR count). The second-order valence-electron chi connectivity index (χ2n) is 5.96. The highest BCUT2D eigenvalue weighted by molar-refractivity contribution is 6.30. The quantitative estimate of drug-likeness (QED) is 0.834. The molecule has 1 saturated heterocycles. The third-order valence-corrected chi connectivity index (χ3v) is 3.47. The first kappa shape index (κ1) is 13.5. The third-order valence-electron chi connectivity index (χ3n) is 3.24. The second-order valence-corrected chi connectivity index (χ2v) is 6.39. The zero-order valence-corrected chi connectivity index (χ0v) is 12.0. The smallest absolute Gasteiger partial charge is 0.144 e. The van der Waals surface area contributed by atoms with Crippen LogP contribution in [-0.4, -0.2) is 17.3 Å². The van der Waals surface area contributed by atoms with Crippen LogP contribution in [0.2, 0.25) is 5.02 Å². The number of hydrogen-bond acceptors (Lipinski definition) is 3. The van der Waals surface area contributed by atoms with E-state index in [1.54, 1.807) is 18.2 Å². The summed E-state index contributed by atoms with van der Waals surface area (Å²) >= 11 is 5.96. The molecule has 0 saturated carbocycles. The van der Waals surface area contributed by atoms with Gasteiger partial charge < -0.3 is 15.2 Å². The molecule has 4 heteroatoms. The van der Waals surface area contributed by atoms with E-state index in [-0.39, 0.29) is 17.3 Å². The van der Waals surface area contributed by atoms with Crippen molar-refractivity contribution in [3.05, 3.63) is 23.2 Å². The summed E-state index contributed by atoms with van der Waals surface area (Å²) in [4.78, 5) is 0. The molecule has 18 heavy (non-hydrogen) atoms. The molecule has 0 bridgehead atoms. The van der Waals surface area contributed by atoms with Gasteiger partial charge in [0.25, 0.3) is 0 Å². The van der Waals surface area contributed by atoms with Crippen LogP contribution in [0.5, 0.6) is 5.75 Å². The lowest BCUT2D eigenvalue weighted by atomic mass is 9.97. The minimum absolute atomic E-state index is 0.0340. The number of nitrogens with two attached hydrogens (primary N) is 1. The highest BCUT2D eigenvalue weighted by Gasteiger charge is 2.47. The highest BCUT2D eigenvalue weighted by atomic mass is 35.5. The van der Waals surface area contributed by atoms with Crippen LogP contribution in [0, 0.1) is 0 Å². The van der Waals surface area contributed by atoms with E-state index in [0.29, 0.717) is 16.5 Å². The van der Waals surface area contributed by atoms with Crippen molar-refractivity contribution in [2.24, 2.45) is 0 Å². The van der Waals surface area contributed by atoms with Crippen LogP contribution in [0.4, 0.5) is 5.69 Å². The van der Waals surface area contributed by atoms with Crippen molar-refractivity contribution in [3.8, 4) is 5.75 Å². The standard InChI is InChI=1S/C14H20ClNO2/c1-13(2)8-12(14(3,4)18-13)17-11-7-9(15)5-6-10(11)16/h5-7,12H,8,16H2,1-4H3. The fourth-order valence-electron chi connectivity index (χ4n) is 2.46. The first-order valence-electron chi connectivity index (χ1n) is 6.11. The van der Waals surface area contributed by atoms with Crippen LogP contribution >= 0.6 is 11.6 Å². The van der Waals surface area contributed by atoms with E-state index < -0.39 is 0 Å². The number of rotatable bonds is 2. The molecule has 0 amide bonds. The Morgan fingerprint density at radius 1 is 1.33 bits per heavy atom. The number of benzene rings is 1. The fourth-order valence-corrected chi connectivity index (χ4v) is 2.62. The van der Waals surface area contributed by atoms with Crippen molar-refractivity contribution in [1.82, 2.24) is 0 Å². The monoisotopic (exact) mass is 269 g/mol. The molecule has 2 N–H and O–H groups in total. The van der Waals surface area contributed by atoms with Gasteiger partial charge in [0, 0.05) is 17.5 Å². The van der Waals surface area contributed by atoms with Crippen molar-refractivity contribution < 1.29 is 9.47 Å². The molecule has 1 fully saturated rings. The molecule has 0 spiro atoms. The number of nitrogen functional groups attached to an aromatic ring is 1. The van der Waals surface area contributed by atoms with Gasteiger partial charge in [-0.25, -0.2) is 0 Å². The summed E-state index contributed by atoms with van der Waals surface area (Å²) in [6.07, 6.45) is 0.791. The minimum atomic E-state index is -0.335. The summed E-state index contributed by atoms with van der Waals surface area (Å²) in [6, 6.07) is 5.26. The predicted molar refractivity (Wildman–Crippen MR) is 74.1 cm³/mol. The number of halogens is 1. The molecular weight excluding hydrogens is 250 g/mol. The van der Waals surface area contributed by atoms with Gasteiger partial charge in [0.05, 0.1) is 11.3 Å². The minimum Gasteiger partial charge on any atom is -0.485 e. The average molecular weight is 270 g/mol. The summed E-state index contributed by atoms with van der Waals surface area (Å²) < 4.78 is 12.0. The maximum absolute atomic E-state index is 6.00. The molecule has 1 aromatic carbocycles. The summed E-state index contributed by atoms with van der Waals surface area (Å²) in [5.41, 5.74) is 5.98. The lowest BCUT2D eigenvalue weighted by molar-refractivity contribution is -0.0845. The van der Waals surface area contributed by atoms with E-state index in [2.05, 4.69) is 13.8 Å². The van der Waals surface area contributed by atoms with Gasteiger partial charge in [-0.3, -0.25) is 0 Å². The first-order valence-corrected chi connectivity index (χ1v) is 6.49. The Kier molecular flexibility index (Phi) is 3.24. The van der Waals surface area contributed by atoms with Crippen LogP contribution in [0.3, 0.4) is 0 Å². The molecule has 0 radical (unpaired) electrons. The van der Waals surface area contributed by atoms with Gasteiger partial charge in [-0.2, -0.15) is 0 Å². The maximum atomic E-state index is 6.00. The van der Waals surface area contributed by atoms with Crippen LogP contribution < -0.4 is 10.5 Å². The van der Waals surface area contributed by atoms with E-state index in [0.717, 1.165) is 6.42 Å². The summed E-state index contributed by atoms with van der Waals surface area (Å²) in [5.74, 6) is 0.627. The van der Waals surface area contributed by atoms with Crippen molar-refractivity contribution >= 4 is 17.3 Å². The molecule has 1 atom stereocenters. The summed E-state index contributed by atoms with van der Waals surface area (Å²) in [6.45, 7) is 8.21. The number of hydrogen-bond donors (Lipinski definition) is 1. The molecule has 3 nitrogen and oxygen atoms in total. The zero-order valence-electron chi connectivity index (χ0n) is 11.3. The van der Waals surface area contributed by atoms with Crippen molar-refractivity contribution in [2.45, 2.75) is 51.4 Å². The highest BCUT2D eigenvalue weighted by Crippen LogP contribution is 2.40. The molecule has 0 aromatic heterocycles. The SMILES string of the molecule is CC1(C)CC(Oc2cc(Cl)ccc2N)C(C)(C)O1. The Labute approximate surface area is 113 Å². The molecular formula is C14H20ClNO2. The zero-order chi connectivity index (χ0) is 13.6. The van der Waals surface area contributed by atoms with Crippen LogP contribution in [0.25, 0.3) is 0 Å². The average Bonchev–Trinajstić information content (AvgIpc) is 2.40. The largest absolute Gasteiger partial charge is 0.485 e. The Bertz CT molecular complexity index is 457. The fraction of sp³-hybridized carbons (Fsp3) is 0.571. The van der Waals surface area contributed by atoms with Gasteiger partial charge in [-0.1, -0.05) is 11.6 Å². The molecule has 1 heterocycles. The Balaban J connectivity index is 2.21. The van der Waals surface area contributed by atoms with Crippen molar-refractivity contribution in [2.75, 3.05) is 5.73 Å². The topological polar surface area (TPSA) is 44.5 Å². The third kappa shape index (κ3) is 2.73. The molecule has 1 aliphatic rings. The maximum Gasteiger partial charge on any atom is 0.144 e. The Hall–Kier alpha value is -0.930. The van der Waals surface area contributed by atoms with Gasteiger partial charge in [-0.05, 0) is 39.8 Å². The first-order chi connectivity index (χ1) is 8.20. The molecule has 1 unspecified atom stereocenters. The van der Waals surface area contributed by atoms with Gasteiger partial charge >= 0.3 is 0 Å². The van der Waals surface area contributed by atoms with Gasteiger partial charge in [0.1, 0.15) is 17.5 Å². The van der Waals surface area contributed by atoms with Crippen molar-refractivity contribution in [1.29, 1.82) is 0 Å². The van der Waals surface area contributed by atoms with Crippen LogP contribution in [-0.2, 0) is 4.74 Å². The van der Waals surface area contributed by atoms with Gasteiger partial charge in [-0.15, -0.1) is 0 Å². The lowest BCUT2D eigenvalue weighted by Crippen LogP contribution is -2.36. The molecule has 1 aliphatic heterocycles. The van der Waals surface area contributed by atoms with E-state index in [1.165, 1.54) is 0 Å². The summed E-state index contributed by atoms with van der Waals surface area (Å²) in [5, 5.41) is 0.621. The van der Waals surface area contributed by atoms with Gasteiger partial charge in [0.15, 0.2) is 0 Å². The lowest BCUT2D eigenvalue weighted by Gasteiger charge is -2.27. The Morgan fingerprint density at radius 2 is 2.00 bits per heavy atom. The number of anilines is 1. The van der Waals surface area contributed by atoms with Crippen LogP contribution in [0.15, 0.2) is 18.2 Å². The predicted octanol–water partition coefficient (Wildman–Crippen LogP) is 3.65. The van der Waals surface area contributed by atoms with Crippen molar-refractivity contribution in [3.63, 3.8) is 0 Å². The van der Waals surface area contributed by atoms with E-state index in [9.17, 15) is 0 Å². The number of ether oxygens (including phenoxy) is 2. The molecule has 100 valence electrons. The van der Waals surface area contributed by atoms with Crippen LogP contribution in [0.1, 0.15) is 34.1 Å². The van der Waals surface area contributed by atoms with E-state index >= 15 is 0 Å². The van der Waals surface area contributed by atoms with E-state index in [4.69, 9.17) is 26.8 Å². The summed E-state index contributed by atoms with van der Waals surface area (Å²) in [7, 11) is 0. The molecule has 1 aromatic rings. The molecule has 0 aliphatic carbocycles. The van der Waals surface area contributed by atoms with E-state index in [1.807, 2.05) is 13.8 Å². The second kappa shape index (κ2) is 4.32. The normalized spacial score (nSPS) is 25.1. The van der Waals surface area contributed by atoms with Gasteiger partial charge in [0.2, 0.25) is 0 Å². The Morgan fingerprint density at radius 3 is 2.56 bits per heavy atom.